The Balaban J connectivity index is 3.33. The molecule has 0 radical (unpaired) electrons. The number of anilines is 1. The normalized spacial score (nSPS) is 9.94. The van der Waals surface area contributed by atoms with Gasteiger partial charge in [-0.25, -0.2) is 0 Å². The van der Waals surface area contributed by atoms with Gasteiger partial charge < -0.3 is 10.2 Å². The number of carbonyl (C=O) groups is 3. The van der Waals surface area contributed by atoms with Crippen molar-refractivity contribution >= 4 is 23.5 Å². The molecule has 3 N–H and O–H groups in total. The number of hydrogen-bond acceptors (Lipinski definition) is 4. The largest absolute Gasteiger partial charge is 0.444 e. The molecule has 0 spiro atoms. The van der Waals surface area contributed by atoms with Crippen LogP contribution in [0.15, 0.2) is 16.6 Å². The first-order valence-corrected chi connectivity index (χ1v) is 5.16. The number of carbonyl (C=O) groups excluding carboxylic acids is 3. The van der Waals surface area contributed by atoms with Crippen LogP contribution in [-0.2, 0) is 4.79 Å². The predicted octanol–water partition coefficient (Wildman–Crippen LogP) is 1.40. The summed E-state index contributed by atoms with van der Waals surface area (Å²) in [5.41, 5.74) is 5.40. The lowest BCUT2D eigenvalue weighted by molar-refractivity contribution is -0.112. The maximum absolute atomic E-state index is 11.5. The summed E-state index contributed by atoms with van der Waals surface area (Å²) in [5.74, 6) is -1.61. The zero-order chi connectivity index (χ0) is 14.0. The van der Waals surface area contributed by atoms with Gasteiger partial charge in [0.2, 0.25) is 5.88 Å². The van der Waals surface area contributed by atoms with E-state index in [1.165, 1.54) is 20.8 Å². The number of Topliss-reactive ketones (excluding diaryl/α,β-unsaturated/α-hetero) is 1. The molecule has 0 saturated heterocycles. The van der Waals surface area contributed by atoms with Crippen LogP contribution in [0.3, 0.4) is 0 Å². The third kappa shape index (κ3) is 2.48. The van der Waals surface area contributed by atoms with Crippen LogP contribution in [0.1, 0.15) is 40.3 Å². The fraction of sp³-hybridized carbons (Fsp3) is 0.250. The van der Waals surface area contributed by atoms with E-state index >= 15 is 0 Å². The van der Waals surface area contributed by atoms with Crippen LogP contribution in [0, 0.1) is 6.92 Å². The van der Waals surface area contributed by atoms with E-state index in [0.29, 0.717) is 0 Å². The number of amides is 2. The first kappa shape index (κ1) is 13.7. The fourth-order valence-corrected chi connectivity index (χ4v) is 1.50. The summed E-state index contributed by atoms with van der Waals surface area (Å²) in [6.07, 6.45) is 0. The Kier molecular flexibility index (Phi) is 3.70. The number of hydrogen-bond donors (Lipinski definition) is 2. The zero-order valence-corrected chi connectivity index (χ0v) is 10.4. The lowest BCUT2D eigenvalue weighted by atomic mass is 10.1. The van der Waals surface area contributed by atoms with Gasteiger partial charge in [0.15, 0.2) is 5.78 Å². The van der Waals surface area contributed by atoms with Gasteiger partial charge in [-0.3, -0.25) is 19.7 Å². The average molecular weight is 250 g/mol. The Labute approximate surface area is 104 Å². The van der Waals surface area contributed by atoms with Crippen molar-refractivity contribution in [2.45, 2.75) is 20.8 Å². The van der Waals surface area contributed by atoms with Crippen LogP contribution in [0.25, 0.3) is 0 Å². The molecule has 0 aliphatic rings. The van der Waals surface area contributed by atoms with Crippen molar-refractivity contribution in [1.29, 1.82) is 0 Å². The van der Waals surface area contributed by atoms with Crippen molar-refractivity contribution < 1.29 is 18.8 Å². The molecular weight excluding hydrogens is 236 g/mol. The Morgan fingerprint density at radius 1 is 1.22 bits per heavy atom. The highest BCUT2D eigenvalue weighted by molar-refractivity contribution is 6.13. The second-order valence-electron chi connectivity index (χ2n) is 3.89. The first-order valence-electron chi connectivity index (χ1n) is 5.16. The molecule has 18 heavy (non-hydrogen) atoms. The maximum Gasteiger partial charge on any atom is 0.255 e. The van der Waals surface area contributed by atoms with Gasteiger partial charge in [0.1, 0.15) is 11.3 Å². The van der Waals surface area contributed by atoms with Gasteiger partial charge in [-0.15, -0.1) is 0 Å². The highest BCUT2D eigenvalue weighted by atomic mass is 16.4. The number of nitrogens with one attached hydrogen (secondary N) is 1. The number of primary amides is 1. The maximum atomic E-state index is 11.5. The van der Waals surface area contributed by atoms with Gasteiger partial charge in [0, 0.05) is 5.57 Å². The minimum absolute atomic E-state index is 0.0829. The second kappa shape index (κ2) is 4.87. The van der Waals surface area contributed by atoms with E-state index < -0.39 is 11.8 Å². The second-order valence-corrected chi connectivity index (χ2v) is 3.89. The summed E-state index contributed by atoms with van der Waals surface area (Å²) in [7, 11) is 0. The Morgan fingerprint density at radius 2 is 1.78 bits per heavy atom. The molecule has 6 nitrogen and oxygen atoms in total. The molecule has 6 heteroatoms. The van der Waals surface area contributed by atoms with Gasteiger partial charge in [0.05, 0.1) is 5.56 Å². The summed E-state index contributed by atoms with van der Waals surface area (Å²) in [6.45, 7) is 7.75. The molecule has 1 heterocycles. The van der Waals surface area contributed by atoms with E-state index in [1.807, 2.05) is 0 Å². The summed E-state index contributed by atoms with van der Waals surface area (Å²) in [6, 6.07) is 0. The molecule has 2 amide bonds. The molecule has 0 atom stereocenters. The van der Waals surface area contributed by atoms with Gasteiger partial charge in [0.25, 0.3) is 11.8 Å². The highest BCUT2D eigenvalue weighted by Crippen LogP contribution is 2.27. The third-order valence-corrected chi connectivity index (χ3v) is 2.30. The standard InChI is InChI=1S/C12H14N2O4/c1-5(2)11(17)14-12-9(10(13)16)8(6(3)15)7(4)18-12/h1H2,2-4H3,(H2,13,16)(H,14,17). The van der Waals surface area contributed by atoms with Crippen molar-refractivity contribution in [1.82, 2.24) is 0 Å². The topological polar surface area (TPSA) is 102 Å². The molecule has 0 fully saturated rings. The van der Waals surface area contributed by atoms with E-state index in [2.05, 4.69) is 11.9 Å². The fourth-order valence-electron chi connectivity index (χ4n) is 1.50. The van der Waals surface area contributed by atoms with Crippen molar-refractivity contribution in [3.8, 4) is 0 Å². The smallest absolute Gasteiger partial charge is 0.255 e. The van der Waals surface area contributed by atoms with Crippen LogP contribution in [0.2, 0.25) is 0 Å². The highest BCUT2D eigenvalue weighted by Gasteiger charge is 2.26. The quantitative estimate of drug-likeness (QED) is 0.622. The van der Waals surface area contributed by atoms with Crippen LogP contribution in [-0.4, -0.2) is 17.6 Å². The average Bonchev–Trinajstić information content (AvgIpc) is 2.54. The molecule has 1 aromatic rings. The molecule has 1 rings (SSSR count). The summed E-state index contributed by atoms with van der Waals surface area (Å²) in [5, 5.41) is 2.35. The Morgan fingerprint density at radius 3 is 2.17 bits per heavy atom. The molecular formula is C12H14N2O4. The molecule has 0 aliphatic heterocycles. The van der Waals surface area contributed by atoms with E-state index in [0.717, 1.165) is 0 Å². The van der Waals surface area contributed by atoms with Crippen molar-refractivity contribution in [3.63, 3.8) is 0 Å². The third-order valence-electron chi connectivity index (χ3n) is 2.30. The molecule has 1 aromatic heterocycles. The van der Waals surface area contributed by atoms with Gasteiger partial charge in [-0.1, -0.05) is 6.58 Å². The number of nitrogens with two attached hydrogens (primary N) is 1. The van der Waals surface area contributed by atoms with E-state index in [1.54, 1.807) is 0 Å². The first-order chi connectivity index (χ1) is 8.25. The van der Waals surface area contributed by atoms with Crippen LogP contribution < -0.4 is 11.1 Å². The van der Waals surface area contributed by atoms with E-state index in [9.17, 15) is 14.4 Å². The molecule has 96 valence electrons. The monoisotopic (exact) mass is 250 g/mol. The Bertz CT molecular complexity index is 555. The molecule has 0 saturated carbocycles. The Hall–Kier alpha value is -2.37. The number of ketones is 1. The van der Waals surface area contributed by atoms with Crippen LogP contribution in [0.5, 0.6) is 0 Å². The predicted molar refractivity (Wildman–Crippen MR) is 65.4 cm³/mol. The van der Waals surface area contributed by atoms with Crippen LogP contribution >= 0.6 is 0 Å². The van der Waals surface area contributed by atoms with E-state index in [-0.39, 0.29) is 34.1 Å². The lowest BCUT2D eigenvalue weighted by Crippen LogP contribution is -2.19. The van der Waals surface area contributed by atoms with Gasteiger partial charge in [-0.2, -0.15) is 0 Å². The molecule has 0 bridgehead atoms. The SMILES string of the molecule is C=C(C)C(=O)Nc1oc(C)c(C(C)=O)c1C(N)=O. The minimum Gasteiger partial charge on any atom is -0.444 e. The van der Waals surface area contributed by atoms with E-state index in [4.69, 9.17) is 10.2 Å². The molecule has 0 unspecified atom stereocenters. The summed E-state index contributed by atoms with van der Waals surface area (Å²) in [4.78, 5) is 34.2. The summed E-state index contributed by atoms with van der Waals surface area (Å²) >= 11 is 0. The number of aryl methyl sites for hydroxylation is 1. The summed E-state index contributed by atoms with van der Waals surface area (Å²) < 4.78 is 5.19. The van der Waals surface area contributed by atoms with Crippen LogP contribution in [0.4, 0.5) is 5.88 Å². The minimum atomic E-state index is -0.839. The van der Waals surface area contributed by atoms with Crippen molar-refractivity contribution in [3.05, 3.63) is 29.0 Å². The van der Waals surface area contributed by atoms with Crippen molar-refractivity contribution in [2.75, 3.05) is 5.32 Å². The molecule has 0 aliphatic carbocycles. The number of rotatable bonds is 4. The van der Waals surface area contributed by atoms with Gasteiger partial charge >= 0.3 is 0 Å². The lowest BCUT2D eigenvalue weighted by Gasteiger charge is -2.02. The molecule has 0 aromatic carbocycles. The van der Waals surface area contributed by atoms with Gasteiger partial charge in [-0.05, 0) is 20.8 Å². The van der Waals surface area contributed by atoms with Crippen molar-refractivity contribution in [2.24, 2.45) is 5.73 Å². The number of furan rings is 1. The zero-order valence-electron chi connectivity index (χ0n) is 10.4.